The number of amides is 1. The van der Waals surface area contributed by atoms with E-state index in [0.717, 1.165) is 39.9 Å². The van der Waals surface area contributed by atoms with E-state index in [4.69, 9.17) is 0 Å². The second-order valence-corrected chi connectivity index (χ2v) is 8.29. The van der Waals surface area contributed by atoms with Gasteiger partial charge in [0.2, 0.25) is 5.88 Å². The molecule has 0 radical (unpaired) electrons. The molecule has 146 valence electrons. The number of aromatic nitrogens is 2. The second kappa shape index (κ2) is 6.74. The SMILES string of the molecule is CCCCn1c(O)c2c(c1-c1cn(C)c3ccccc13)C(=O)N=C2c1cccs1. The molecule has 1 aromatic carbocycles. The molecule has 5 nitrogen and oxygen atoms in total. The van der Waals surface area contributed by atoms with Gasteiger partial charge in [0.05, 0.1) is 27.4 Å². The van der Waals surface area contributed by atoms with Crippen molar-refractivity contribution in [3.05, 3.63) is 64.0 Å². The molecule has 4 heterocycles. The van der Waals surface area contributed by atoms with Crippen molar-refractivity contribution >= 4 is 33.9 Å². The number of para-hydroxylation sites is 1. The highest BCUT2D eigenvalue weighted by atomic mass is 32.1. The van der Waals surface area contributed by atoms with Crippen LogP contribution < -0.4 is 0 Å². The molecule has 1 N–H and O–H groups in total. The predicted octanol–water partition coefficient (Wildman–Crippen LogP) is 5.21. The summed E-state index contributed by atoms with van der Waals surface area (Å²) in [5.41, 5.74) is 4.46. The number of thiophene rings is 1. The lowest BCUT2D eigenvalue weighted by molar-refractivity contribution is 0.101. The zero-order chi connectivity index (χ0) is 20.1. The van der Waals surface area contributed by atoms with Crippen molar-refractivity contribution in [2.24, 2.45) is 12.0 Å². The van der Waals surface area contributed by atoms with Gasteiger partial charge in [0, 0.05) is 36.3 Å². The van der Waals surface area contributed by atoms with E-state index >= 15 is 0 Å². The molecular formula is C23H21N3O2S. The molecule has 0 saturated heterocycles. The summed E-state index contributed by atoms with van der Waals surface area (Å²) in [6.45, 7) is 2.77. The van der Waals surface area contributed by atoms with Crippen LogP contribution in [0.2, 0.25) is 0 Å². The zero-order valence-corrected chi connectivity index (χ0v) is 17.2. The Bertz CT molecular complexity index is 1280. The summed E-state index contributed by atoms with van der Waals surface area (Å²) in [5.74, 6) is -0.147. The maximum atomic E-state index is 13.0. The van der Waals surface area contributed by atoms with Crippen LogP contribution in [0, 0.1) is 0 Å². The number of carbonyl (C=O) groups excluding carboxylic acids is 1. The summed E-state index contributed by atoms with van der Waals surface area (Å²) in [6.07, 6.45) is 3.95. The van der Waals surface area contributed by atoms with Crippen LogP contribution in [0.5, 0.6) is 5.88 Å². The van der Waals surface area contributed by atoms with Gasteiger partial charge in [-0.25, -0.2) is 4.99 Å². The van der Waals surface area contributed by atoms with Crippen LogP contribution in [0.3, 0.4) is 0 Å². The summed E-state index contributed by atoms with van der Waals surface area (Å²) in [5, 5.41) is 14.2. The van der Waals surface area contributed by atoms with Gasteiger partial charge in [-0.1, -0.05) is 37.6 Å². The van der Waals surface area contributed by atoms with Crippen molar-refractivity contribution in [3.63, 3.8) is 0 Å². The van der Waals surface area contributed by atoms with E-state index in [1.54, 1.807) is 0 Å². The Labute approximate surface area is 172 Å². The first-order chi connectivity index (χ1) is 14.1. The molecule has 0 spiro atoms. The lowest BCUT2D eigenvalue weighted by Gasteiger charge is -2.11. The molecule has 0 bridgehead atoms. The van der Waals surface area contributed by atoms with Crippen molar-refractivity contribution < 1.29 is 9.90 Å². The first kappa shape index (κ1) is 17.9. The van der Waals surface area contributed by atoms with E-state index in [2.05, 4.69) is 28.6 Å². The maximum Gasteiger partial charge on any atom is 0.280 e. The van der Waals surface area contributed by atoms with Gasteiger partial charge in [0.1, 0.15) is 0 Å². The predicted molar refractivity (Wildman–Crippen MR) is 117 cm³/mol. The van der Waals surface area contributed by atoms with E-state index in [9.17, 15) is 9.90 Å². The van der Waals surface area contributed by atoms with E-state index in [1.807, 2.05) is 47.5 Å². The number of rotatable bonds is 5. The van der Waals surface area contributed by atoms with Crippen LogP contribution in [-0.2, 0) is 13.6 Å². The molecule has 1 aliphatic rings. The Kier molecular flexibility index (Phi) is 4.17. The summed E-state index contributed by atoms with van der Waals surface area (Å²) in [4.78, 5) is 18.2. The van der Waals surface area contributed by atoms with E-state index < -0.39 is 0 Å². The van der Waals surface area contributed by atoms with Gasteiger partial charge in [-0.3, -0.25) is 4.79 Å². The minimum absolute atomic E-state index is 0.134. The van der Waals surface area contributed by atoms with Gasteiger partial charge in [0.25, 0.3) is 5.91 Å². The summed E-state index contributed by atoms with van der Waals surface area (Å²) < 4.78 is 3.96. The molecule has 5 rings (SSSR count). The molecule has 0 atom stereocenters. The molecule has 4 aromatic rings. The van der Waals surface area contributed by atoms with Gasteiger partial charge in [0.15, 0.2) is 0 Å². The topological polar surface area (TPSA) is 59.5 Å². The summed E-state index contributed by atoms with van der Waals surface area (Å²) >= 11 is 1.52. The molecule has 1 amide bonds. The lowest BCUT2D eigenvalue weighted by atomic mass is 10.0. The Morgan fingerprint density at radius 2 is 1.97 bits per heavy atom. The average molecular weight is 404 g/mol. The average Bonchev–Trinajstić information content (AvgIpc) is 3.47. The van der Waals surface area contributed by atoms with Gasteiger partial charge < -0.3 is 14.2 Å². The fraction of sp³-hybridized carbons (Fsp3) is 0.217. The van der Waals surface area contributed by atoms with Crippen LogP contribution in [-0.4, -0.2) is 25.9 Å². The first-order valence-corrected chi connectivity index (χ1v) is 10.7. The fourth-order valence-electron chi connectivity index (χ4n) is 4.19. The highest BCUT2D eigenvalue weighted by Gasteiger charge is 2.37. The Balaban J connectivity index is 1.82. The van der Waals surface area contributed by atoms with Crippen molar-refractivity contribution in [2.45, 2.75) is 26.3 Å². The largest absolute Gasteiger partial charge is 0.494 e. The second-order valence-electron chi connectivity index (χ2n) is 7.34. The molecule has 0 unspecified atom stereocenters. The molecule has 3 aromatic heterocycles. The van der Waals surface area contributed by atoms with Crippen LogP contribution in [0.1, 0.15) is 40.6 Å². The van der Waals surface area contributed by atoms with Crippen molar-refractivity contribution in [3.8, 4) is 17.1 Å². The number of hydrogen-bond acceptors (Lipinski definition) is 3. The first-order valence-electron chi connectivity index (χ1n) is 9.79. The maximum absolute atomic E-state index is 13.0. The lowest BCUT2D eigenvalue weighted by Crippen LogP contribution is -2.04. The smallest absolute Gasteiger partial charge is 0.280 e. The monoisotopic (exact) mass is 403 g/mol. The summed E-state index contributed by atoms with van der Waals surface area (Å²) in [6, 6.07) is 12.0. The third kappa shape index (κ3) is 2.59. The van der Waals surface area contributed by atoms with Crippen molar-refractivity contribution in [1.82, 2.24) is 9.13 Å². The summed E-state index contributed by atoms with van der Waals surface area (Å²) in [7, 11) is 2.00. The number of nitrogens with zero attached hydrogens (tertiary/aromatic N) is 3. The molecule has 6 heteroatoms. The molecule has 0 aliphatic carbocycles. The number of benzene rings is 1. The van der Waals surface area contributed by atoms with Crippen LogP contribution in [0.4, 0.5) is 0 Å². The number of fused-ring (bicyclic) bond motifs is 2. The number of aryl methyl sites for hydroxylation is 1. The zero-order valence-electron chi connectivity index (χ0n) is 16.3. The molecule has 1 aliphatic heterocycles. The fourth-order valence-corrected chi connectivity index (χ4v) is 4.91. The van der Waals surface area contributed by atoms with Gasteiger partial charge in [-0.15, -0.1) is 11.3 Å². The Hall–Kier alpha value is -3.12. The van der Waals surface area contributed by atoms with Gasteiger partial charge in [-0.2, -0.15) is 0 Å². The van der Waals surface area contributed by atoms with Crippen molar-refractivity contribution in [2.75, 3.05) is 0 Å². The third-order valence-electron chi connectivity index (χ3n) is 5.54. The molecular weight excluding hydrogens is 382 g/mol. The van der Waals surface area contributed by atoms with Crippen LogP contribution >= 0.6 is 11.3 Å². The quantitative estimate of drug-likeness (QED) is 0.498. The third-order valence-corrected chi connectivity index (χ3v) is 6.42. The minimum atomic E-state index is -0.281. The van der Waals surface area contributed by atoms with E-state index in [0.29, 0.717) is 23.4 Å². The standard InChI is InChI=1S/C23H21N3O2S/c1-3-4-11-26-21(15-13-25(2)16-9-6-5-8-14(15)16)19-18(23(26)28)20(24-22(19)27)17-10-7-12-29-17/h5-10,12-13,28H,3-4,11H2,1-2H3. The normalized spacial score (nSPS) is 13.3. The minimum Gasteiger partial charge on any atom is -0.494 e. The van der Waals surface area contributed by atoms with Crippen molar-refractivity contribution in [1.29, 1.82) is 0 Å². The highest BCUT2D eigenvalue weighted by Crippen LogP contribution is 2.44. The van der Waals surface area contributed by atoms with E-state index in [-0.39, 0.29) is 11.8 Å². The molecule has 0 fully saturated rings. The number of aromatic hydroxyl groups is 1. The van der Waals surface area contributed by atoms with Gasteiger partial charge in [-0.05, 0) is 23.9 Å². The number of carbonyl (C=O) groups is 1. The Morgan fingerprint density at radius 1 is 1.14 bits per heavy atom. The van der Waals surface area contributed by atoms with E-state index in [1.165, 1.54) is 11.3 Å². The number of hydrogen-bond donors (Lipinski definition) is 1. The van der Waals surface area contributed by atoms with Crippen LogP contribution in [0.25, 0.3) is 22.2 Å². The molecule has 0 saturated carbocycles. The highest BCUT2D eigenvalue weighted by molar-refractivity contribution is 7.12. The Morgan fingerprint density at radius 3 is 2.72 bits per heavy atom. The number of unbranched alkanes of at least 4 members (excludes halogenated alkanes) is 1. The van der Waals surface area contributed by atoms with Crippen LogP contribution in [0.15, 0.2) is 53.0 Å². The molecule has 29 heavy (non-hydrogen) atoms. The number of aliphatic imine (C=N–C) groups is 1. The van der Waals surface area contributed by atoms with Gasteiger partial charge >= 0.3 is 0 Å².